The summed E-state index contributed by atoms with van der Waals surface area (Å²) in [6, 6.07) is 6.30. The van der Waals surface area contributed by atoms with Gasteiger partial charge < -0.3 is 14.6 Å². The molecule has 1 saturated heterocycles. The molecule has 2 unspecified atom stereocenters. The Morgan fingerprint density at radius 3 is 2.75 bits per heavy atom. The maximum absolute atomic E-state index is 12.7. The molecule has 0 amide bonds. The zero-order valence-corrected chi connectivity index (χ0v) is 8.93. The van der Waals surface area contributed by atoms with Crippen LogP contribution >= 0.6 is 0 Å². The molecular formula is C12H15FO3. The lowest BCUT2D eigenvalue weighted by atomic mass is 10.1. The summed E-state index contributed by atoms with van der Waals surface area (Å²) in [5.41, 5.74) is 0.982. The first-order valence-electron chi connectivity index (χ1n) is 5.40. The van der Waals surface area contributed by atoms with Gasteiger partial charge in [0.15, 0.2) is 6.29 Å². The average Bonchev–Trinajstić information content (AvgIpc) is 2.70. The van der Waals surface area contributed by atoms with Gasteiger partial charge in [0.25, 0.3) is 0 Å². The van der Waals surface area contributed by atoms with E-state index in [0.717, 1.165) is 5.56 Å². The van der Waals surface area contributed by atoms with Crippen molar-refractivity contribution in [2.24, 2.45) is 0 Å². The maximum Gasteiger partial charge on any atom is 0.162 e. The van der Waals surface area contributed by atoms with Crippen molar-refractivity contribution >= 4 is 0 Å². The lowest BCUT2D eigenvalue weighted by Gasteiger charge is -2.10. The lowest BCUT2D eigenvalue weighted by molar-refractivity contribution is -0.0583. The third kappa shape index (κ3) is 3.01. The van der Waals surface area contributed by atoms with Gasteiger partial charge in [-0.2, -0.15) is 0 Å². The van der Waals surface area contributed by atoms with Crippen molar-refractivity contribution in [2.45, 2.75) is 25.2 Å². The third-order valence-corrected chi connectivity index (χ3v) is 2.58. The van der Waals surface area contributed by atoms with Gasteiger partial charge in [0.1, 0.15) is 5.82 Å². The van der Waals surface area contributed by atoms with Crippen LogP contribution in [0.25, 0.3) is 0 Å². The molecule has 0 spiro atoms. The normalized spacial score (nSPS) is 24.9. The van der Waals surface area contributed by atoms with Gasteiger partial charge in [0, 0.05) is 13.0 Å². The van der Waals surface area contributed by atoms with Gasteiger partial charge in [-0.3, -0.25) is 0 Å². The minimum absolute atomic E-state index is 0.0181. The SMILES string of the molecule is OCCC1COC(Cc2ccc(F)cc2)O1. The van der Waals surface area contributed by atoms with E-state index in [-0.39, 0.29) is 24.8 Å². The van der Waals surface area contributed by atoms with Crippen LogP contribution in [0, 0.1) is 5.82 Å². The molecule has 2 atom stereocenters. The summed E-state index contributed by atoms with van der Waals surface area (Å²) >= 11 is 0. The molecule has 1 aliphatic heterocycles. The highest BCUT2D eigenvalue weighted by molar-refractivity contribution is 5.16. The Morgan fingerprint density at radius 2 is 2.06 bits per heavy atom. The molecule has 0 aromatic heterocycles. The Kier molecular flexibility index (Phi) is 3.88. The molecule has 1 fully saturated rings. The number of hydrogen-bond acceptors (Lipinski definition) is 3. The molecule has 88 valence electrons. The van der Waals surface area contributed by atoms with Crippen LogP contribution < -0.4 is 0 Å². The number of ether oxygens (including phenoxy) is 2. The highest BCUT2D eigenvalue weighted by Crippen LogP contribution is 2.18. The van der Waals surface area contributed by atoms with Gasteiger partial charge in [0.05, 0.1) is 12.7 Å². The van der Waals surface area contributed by atoms with Crippen LogP contribution in [0.2, 0.25) is 0 Å². The second-order valence-electron chi connectivity index (χ2n) is 3.86. The second-order valence-corrected chi connectivity index (χ2v) is 3.86. The van der Waals surface area contributed by atoms with Gasteiger partial charge >= 0.3 is 0 Å². The quantitative estimate of drug-likeness (QED) is 0.845. The Hall–Kier alpha value is -0.970. The molecule has 1 aliphatic rings. The van der Waals surface area contributed by atoms with Crippen LogP contribution in [0.1, 0.15) is 12.0 Å². The minimum atomic E-state index is -0.276. The fraction of sp³-hybridized carbons (Fsp3) is 0.500. The third-order valence-electron chi connectivity index (χ3n) is 2.58. The van der Waals surface area contributed by atoms with Crippen LogP contribution in [0.4, 0.5) is 4.39 Å². The molecule has 2 rings (SSSR count). The molecule has 1 aromatic rings. The standard InChI is InChI=1S/C12H15FO3/c13-10-3-1-9(2-4-10)7-12-15-8-11(16-12)5-6-14/h1-4,11-12,14H,5-8H2. The van der Waals surface area contributed by atoms with Gasteiger partial charge in [0.2, 0.25) is 0 Å². The molecule has 4 heteroatoms. The van der Waals surface area contributed by atoms with Crippen molar-refractivity contribution in [2.75, 3.05) is 13.2 Å². The molecule has 0 radical (unpaired) electrons. The van der Waals surface area contributed by atoms with E-state index in [2.05, 4.69) is 0 Å². The van der Waals surface area contributed by atoms with E-state index in [1.165, 1.54) is 12.1 Å². The fourth-order valence-electron chi connectivity index (χ4n) is 1.72. The predicted octanol–water partition coefficient (Wildman–Crippen LogP) is 1.49. The van der Waals surface area contributed by atoms with Gasteiger partial charge in [-0.05, 0) is 24.1 Å². The van der Waals surface area contributed by atoms with Crippen LogP contribution in [-0.4, -0.2) is 30.7 Å². The Balaban J connectivity index is 1.84. The number of aliphatic hydroxyl groups is 1. The first kappa shape index (κ1) is 11.5. The highest BCUT2D eigenvalue weighted by Gasteiger charge is 2.25. The van der Waals surface area contributed by atoms with Gasteiger partial charge in [-0.1, -0.05) is 12.1 Å². The van der Waals surface area contributed by atoms with E-state index in [1.807, 2.05) is 0 Å². The number of halogens is 1. The van der Waals surface area contributed by atoms with Crippen LogP contribution in [0.15, 0.2) is 24.3 Å². The maximum atomic E-state index is 12.7. The summed E-state index contributed by atoms with van der Waals surface area (Å²) in [6.07, 6.45) is 0.916. The molecule has 1 heterocycles. The van der Waals surface area contributed by atoms with E-state index in [1.54, 1.807) is 12.1 Å². The highest BCUT2D eigenvalue weighted by atomic mass is 19.1. The molecule has 3 nitrogen and oxygen atoms in total. The van der Waals surface area contributed by atoms with E-state index in [0.29, 0.717) is 19.4 Å². The van der Waals surface area contributed by atoms with E-state index < -0.39 is 0 Å². The second kappa shape index (κ2) is 5.39. The summed E-state index contributed by atoms with van der Waals surface area (Å²) in [5, 5.41) is 8.76. The molecule has 16 heavy (non-hydrogen) atoms. The number of hydrogen-bond donors (Lipinski definition) is 1. The first-order chi connectivity index (χ1) is 7.78. The smallest absolute Gasteiger partial charge is 0.162 e. The monoisotopic (exact) mass is 226 g/mol. The Bertz CT molecular complexity index is 326. The Labute approximate surface area is 93.8 Å². The molecule has 1 N–H and O–H groups in total. The van der Waals surface area contributed by atoms with Crippen molar-refractivity contribution in [3.63, 3.8) is 0 Å². The summed E-state index contributed by atoms with van der Waals surface area (Å²) in [5.74, 6) is -0.241. The molecular weight excluding hydrogens is 211 g/mol. The van der Waals surface area contributed by atoms with Crippen LogP contribution in [-0.2, 0) is 15.9 Å². The molecule has 1 aromatic carbocycles. The van der Waals surface area contributed by atoms with E-state index in [4.69, 9.17) is 14.6 Å². The predicted molar refractivity (Wildman–Crippen MR) is 56.4 cm³/mol. The minimum Gasteiger partial charge on any atom is -0.396 e. The lowest BCUT2D eigenvalue weighted by Crippen LogP contribution is -2.15. The number of aliphatic hydroxyl groups excluding tert-OH is 1. The zero-order valence-electron chi connectivity index (χ0n) is 8.93. The van der Waals surface area contributed by atoms with Crippen molar-refractivity contribution in [1.29, 1.82) is 0 Å². The van der Waals surface area contributed by atoms with Crippen molar-refractivity contribution in [3.05, 3.63) is 35.6 Å². The van der Waals surface area contributed by atoms with Gasteiger partial charge in [-0.25, -0.2) is 4.39 Å². The Morgan fingerprint density at radius 1 is 1.31 bits per heavy atom. The molecule has 0 aliphatic carbocycles. The van der Waals surface area contributed by atoms with Crippen molar-refractivity contribution < 1.29 is 19.0 Å². The molecule has 0 bridgehead atoms. The topological polar surface area (TPSA) is 38.7 Å². The fourth-order valence-corrected chi connectivity index (χ4v) is 1.72. The van der Waals surface area contributed by atoms with Gasteiger partial charge in [-0.15, -0.1) is 0 Å². The summed E-state index contributed by atoms with van der Waals surface area (Å²) < 4.78 is 23.7. The average molecular weight is 226 g/mol. The van der Waals surface area contributed by atoms with Crippen molar-refractivity contribution in [1.82, 2.24) is 0 Å². The van der Waals surface area contributed by atoms with E-state index in [9.17, 15) is 4.39 Å². The zero-order chi connectivity index (χ0) is 11.4. The molecule has 0 saturated carbocycles. The number of rotatable bonds is 4. The summed E-state index contributed by atoms with van der Waals surface area (Å²) in [4.78, 5) is 0. The first-order valence-corrected chi connectivity index (χ1v) is 5.40. The van der Waals surface area contributed by atoms with Crippen molar-refractivity contribution in [3.8, 4) is 0 Å². The summed E-state index contributed by atoms with van der Waals surface area (Å²) in [7, 11) is 0. The van der Waals surface area contributed by atoms with Crippen LogP contribution in [0.3, 0.4) is 0 Å². The van der Waals surface area contributed by atoms with Crippen LogP contribution in [0.5, 0.6) is 0 Å². The largest absolute Gasteiger partial charge is 0.396 e. The summed E-state index contributed by atoms with van der Waals surface area (Å²) in [6.45, 7) is 0.629. The number of benzene rings is 1. The van der Waals surface area contributed by atoms with E-state index >= 15 is 0 Å².